The standard InChI is InChI=1S/C36H42ClN9O4/c1-36(2,50)13-16-46-28-18-22(6-5-21(28)17-31(46)48)39-33-27(37)20-38-35(41-33)45-14-11-23(12-15-45)43(3)24-7-8-25-29(19-24)44(4)42-32(25)26-9-10-30(47)40-34(26)49/h5-8,18-20,23,26,50H,9-17H2,1-4H3,(H,38,39,41)(H,40,47,49). The maximum atomic E-state index is 12.7. The molecule has 3 amide bonds. The Morgan fingerprint density at radius 1 is 1.10 bits per heavy atom. The normalized spacial score (nSPS) is 18.5. The topological polar surface area (TPSA) is 149 Å². The smallest absolute Gasteiger partial charge is 0.235 e. The quantitative estimate of drug-likeness (QED) is 0.214. The Hall–Kier alpha value is -4.75. The fourth-order valence-electron chi connectivity index (χ4n) is 7.17. The molecule has 2 saturated heterocycles. The molecule has 0 aliphatic carbocycles. The van der Waals surface area contributed by atoms with E-state index < -0.39 is 11.5 Å². The van der Waals surface area contributed by atoms with Gasteiger partial charge in [0.05, 0.1) is 35.3 Å². The van der Waals surface area contributed by atoms with Crippen LogP contribution >= 0.6 is 11.6 Å². The van der Waals surface area contributed by atoms with E-state index in [1.807, 2.05) is 36.0 Å². The first kappa shape index (κ1) is 33.7. The minimum atomic E-state index is -0.868. The maximum absolute atomic E-state index is 12.7. The van der Waals surface area contributed by atoms with Gasteiger partial charge in [0.25, 0.3) is 0 Å². The van der Waals surface area contributed by atoms with Crippen molar-refractivity contribution in [1.29, 1.82) is 0 Å². The summed E-state index contributed by atoms with van der Waals surface area (Å²) in [6, 6.07) is 12.3. The number of nitrogens with zero attached hydrogens (tertiary/aromatic N) is 7. The van der Waals surface area contributed by atoms with Crippen molar-refractivity contribution >= 4 is 69.1 Å². The minimum Gasteiger partial charge on any atom is -0.390 e. The van der Waals surface area contributed by atoms with Gasteiger partial charge in [0.1, 0.15) is 5.02 Å². The van der Waals surface area contributed by atoms with E-state index in [0.717, 1.165) is 59.5 Å². The molecule has 0 bridgehead atoms. The number of fused-ring (bicyclic) bond motifs is 2. The third-order valence-electron chi connectivity index (χ3n) is 10.1. The van der Waals surface area contributed by atoms with E-state index >= 15 is 0 Å². The van der Waals surface area contributed by atoms with Crippen LogP contribution in [-0.4, -0.2) is 80.9 Å². The predicted molar refractivity (Wildman–Crippen MR) is 193 cm³/mol. The summed E-state index contributed by atoms with van der Waals surface area (Å²) in [5, 5.41) is 22.0. The van der Waals surface area contributed by atoms with Gasteiger partial charge in [0.15, 0.2) is 5.82 Å². The molecule has 14 heteroatoms. The van der Waals surface area contributed by atoms with Gasteiger partial charge in [-0.25, -0.2) is 4.98 Å². The van der Waals surface area contributed by atoms with Crippen LogP contribution in [0.2, 0.25) is 5.02 Å². The van der Waals surface area contributed by atoms with Crippen molar-refractivity contribution in [3.8, 4) is 0 Å². The van der Waals surface area contributed by atoms with Gasteiger partial charge in [-0.1, -0.05) is 17.7 Å². The molecule has 0 radical (unpaired) electrons. The summed E-state index contributed by atoms with van der Waals surface area (Å²) in [5.74, 6) is 0.156. The van der Waals surface area contributed by atoms with Crippen molar-refractivity contribution < 1.29 is 19.5 Å². The molecule has 3 aliphatic heterocycles. The SMILES string of the molecule is CN(c1ccc2c(C3CCC(=O)NC3=O)nn(C)c2c1)C1CCN(c2ncc(Cl)c(Nc3ccc4c(c3)N(CCC(C)(C)O)C(=O)C4)n2)CC1. The molecule has 5 heterocycles. The first-order valence-electron chi connectivity index (χ1n) is 17.1. The van der Waals surface area contributed by atoms with Gasteiger partial charge in [-0.05, 0) is 75.4 Å². The van der Waals surface area contributed by atoms with Gasteiger partial charge in [-0.15, -0.1) is 0 Å². The number of halogens is 1. The van der Waals surface area contributed by atoms with Crippen molar-refractivity contribution in [2.24, 2.45) is 7.05 Å². The number of rotatable bonds is 9. The Morgan fingerprint density at radius 2 is 1.88 bits per heavy atom. The third kappa shape index (κ3) is 6.71. The zero-order valence-electron chi connectivity index (χ0n) is 28.7. The number of imide groups is 1. The van der Waals surface area contributed by atoms with E-state index in [4.69, 9.17) is 16.6 Å². The molecule has 1 atom stereocenters. The number of hydrogen-bond acceptors (Lipinski definition) is 10. The number of aryl methyl sites for hydroxylation is 1. The molecular weight excluding hydrogens is 658 g/mol. The zero-order chi connectivity index (χ0) is 35.3. The van der Waals surface area contributed by atoms with E-state index in [1.54, 1.807) is 24.9 Å². The number of carbonyl (C=O) groups is 3. The fourth-order valence-corrected chi connectivity index (χ4v) is 7.31. The largest absolute Gasteiger partial charge is 0.390 e. The summed E-state index contributed by atoms with van der Waals surface area (Å²) in [5.41, 5.74) is 4.40. The lowest BCUT2D eigenvalue weighted by Crippen LogP contribution is -2.44. The molecule has 3 aliphatic rings. The van der Waals surface area contributed by atoms with Gasteiger partial charge in [-0.2, -0.15) is 10.1 Å². The summed E-state index contributed by atoms with van der Waals surface area (Å²) in [6.07, 6.45) is 5.00. The van der Waals surface area contributed by atoms with Gasteiger partial charge in [-0.3, -0.25) is 24.4 Å². The van der Waals surface area contributed by atoms with E-state index in [0.29, 0.717) is 60.8 Å². The van der Waals surface area contributed by atoms with Gasteiger partial charge >= 0.3 is 0 Å². The second kappa shape index (κ2) is 13.2. The average molecular weight is 700 g/mol. The molecule has 50 heavy (non-hydrogen) atoms. The highest BCUT2D eigenvalue weighted by atomic mass is 35.5. The molecule has 262 valence electrons. The molecule has 1 unspecified atom stereocenters. The Bertz CT molecular complexity index is 1980. The first-order valence-corrected chi connectivity index (χ1v) is 17.5. The molecule has 4 aromatic rings. The van der Waals surface area contributed by atoms with Crippen molar-refractivity contribution in [1.82, 2.24) is 25.1 Å². The second-order valence-corrected chi connectivity index (χ2v) is 14.6. The number of aliphatic hydroxyl groups is 1. The molecular formula is C36H42ClN9O4. The summed E-state index contributed by atoms with van der Waals surface area (Å²) >= 11 is 6.55. The summed E-state index contributed by atoms with van der Waals surface area (Å²) in [7, 11) is 3.99. The summed E-state index contributed by atoms with van der Waals surface area (Å²) < 4.78 is 1.81. The van der Waals surface area contributed by atoms with Crippen LogP contribution in [0.1, 0.15) is 63.1 Å². The van der Waals surface area contributed by atoms with Gasteiger partial charge in [0, 0.05) is 68.6 Å². The van der Waals surface area contributed by atoms with Crippen LogP contribution in [0, 0.1) is 0 Å². The molecule has 2 aromatic heterocycles. The number of hydrogen-bond donors (Lipinski definition) is 3. The van der Waals surface area contributed by atoms with Crippen molar-refractivity contribution in [3.05, 3.63) is 58.9 Å². The molecule has 2 aromatic carbocycles. The third-order valence-corrected chi connectivity index (χ3v) is 10.4. The molecule has 2 fully saturated rings. The number of nitrogens with one attached hydrogen (secondary N) is 2. The number of amides is 3. The fraction of sp³-hybridized carbons (Fsp3) is 0.444. The summed E-state index contributed by atoms with van der Waals surface area (Å²) in [6.45, 7) is 5.45. The van der Waals surface area contributed by atoms with Crippen LogP contribution in [0.25, 0.3) is 10.9 Å². The van der Waals surface area contributed by atoms with E-state index in [9.17, 15) is 19.5 Å². The van der Waals surface area contributed by atoms with Crippen LogP contribution < -0.4 is 25.3 Å². The van der Waals surface area contributed by atoms with E-state index in [1.165, 1.54) is 0 Å². The number of aromatic nitrogens is 4. The zero-order valence-corrected chi connectivity index (χ0v) is 29.5. The van der Waals surface area contributed by atoms with Gasteiger partial charge in [0.2, 0.25) is 23.7 Å². The Balaban J connectivity index is 1.01. The highest BCUT2D eigenvalue weighted by Gasteiger charge is 2.33. The lowest BCUT2D eigenvalue weighted by atomic mass is 9.92. The lowest BCUT2D eigenvalue weighted by Gasteiger charge is -2.38. The first-order chi connectivity index (χ1) is 23.8. The van der Waals surface area contributed by atoms with Crippen LogP contribution in [0.3, 0.4) is 0 Å². The molecule has 7 rings (SSSR count). The van der Waals surface area contributed by atoms with Crippen molar-refractivity contribution in [3.63, 3.8) is 0 Å². The molecule has 13 nitrogen and oxygen atoms in total. The van der Waals surface area contributed by atoms with Gasteiger partial charge < -0.3 is 25.1 Å². The van der Waals surface area contributed by atoms with Crippen molar-refractivity contribution in [2.75, 3.05) is 46.7 Å². The molecule has 3 N–H and O–H groups in total. The van der Waals surface area contributed by atoms with E-state index in [2.05, 4.69) is 49.7 Å². The number of anilines is 5. The Morgan fingerprint density at radius 3 is 2.62 bits per heavy atom. The van der Waals surface area contributed by atoms with Crippen LogP contribution in [0.5, 0.6) is 0 Å². The number of benzene rings is 2. The van der Waals surface area contributed by atoms with Crippen LogP contribution in [-0.2, 0) is 27.9 Å². The molecule has 0 spiro atoms. The Kier molecular flexibility index (Phi) is 8.89. The predicted octanol–water partition coefficient (Wildman–Crippen LogP) is 4.44. The minimum absolute atomic E-state index is 0.0224. The number of piperidine rings is 2. The Labute approximate surface area is 295 Å². The monoisotopic (exact) mass is 699 g/mol. The molecule has 0 saturated carbocycles. The highest BCUT2D eigenvalue weighted by molar-refractivity contribution is 6.33. The van der Waals surface area contributed by atoms with Crippen LogP contribution in [0.4, 0.5) is 28.8 Å². The average Bonchev–Trinajstić information content (AvgIpc) is 3.58. The highest BCUT2D eigenvalue weighted by Crippen LogP contribution is 2.36. The summed E-state index contributed by atoms with van der Waals surface area (Å²) in [4.78, 5) is 52.5. The van der Waals surface area contributed by atoms with Crippen molar-refractivity contribution in [2.45, 2.75) is 69.9 Å². The number of carbonyl (C=O) groups excluding carboxylic acids is 3. The lowest BCUT2D eigenvalue weighted by molar-refractivity contribution is -0.134. The van der Waals surface area contributed by atoms with E-state index in [-0.39, 0.29) is 17.7 Å². The maximum Gasteiger partial charge on any atom is 0.235 e. The second-order valence-electron chi connectivity index (χ2n) is 14.2. The van der Waals surface area contributed by atoms with Crippen LogP contribution in [0.15, 0.2) is 42.6 Å².